The lowest BCUT2D eigenvalue weighted by Gasteiger charge is -2.63. The number of carbonyl (C=O) groups excluding carboxylic acids is 1. The fourth-order valence-electron chi connectivity index (χ4n) is 9.73. The van der Waals surface area contributed by atoms with Crippen LogP contribution in [0.4, 0.5) is 4.79 Å². The van der Waals surface area contributed by atoms with Gasteiger partial charge in [-0.05, 0) is 106 Å². The molecule has 0 bridgehead atoms. The van der Waals surface area contributed by atoms with Crippen LogP contribution in [0.2, 0.25) is 0 Å². The van der Waals surface area contributed by atoms with Gasteiger partial charge in [0.2, 0.25) is 0 Å². The number of nitrogens with one attached hydrogen (secondary N) is 1. The highest BCUT2D eigenvalue weighted by molar-refractivity contribution is 5.74. The SMILES string of the molecule is CN1CCN(C(=O)N[C@H]2CC[C@@]3(C)[C@H](CC[C@@H]4[C@@H]3CC[C@]3(C)[C@@H](c5ccc(=O)oc5)CC[C@]43O)C2)CC1. The standard InChI is InChI=1S/C30H45N3O4/c1-28-11-8-22(31-27(35)33-16-14-32(3)15-17-33)18-21(28)5-6-25-24(28)9-12-29(2)23(10-13-30(25,29)36)20-4-7-26(34)37-19-20/h4,7,19,21-25,36H,5-6,8-18H2,1-3H3,(H,31,35)/t21-,22+,23-,24+,25-,28+,29-,30+/m1/s1. The van der Waals surface area contributed by atoms with E-state index < -0.39 is 5.60 Å². The molecule has 2 N–H and O–H groups in total. The largest absolute Gasteiger partial charge is 0.431 e. The van der Waals surface area contributed by atoms with Crippen LogP contribution in [0.1, 0.15) is 83.1 Å². The van der Waals surface area contributed by atoms with Crippen molar-refractivity contribution in [2.24, 2.45) is 28.6 Å². The molecule has 1 saturated heterocycles. The Bertz CT molecular complexity index is 1060. The molecule has 8 atom stereocenters. The van der Waals surface area contributed by atoms with E-state index in [-0.39, 0.29) is 34.4 Å². The highest BCUT2D eigenvalue weighted by Gasteiger charge is 2.67. The zero-order valence-electron chi connectivity index (χ0n) is 22.9. The van der Waals surface area contributed by atoms with Gasteiger partial charge < -0.3 is 24.6 Å². The Kier molecular flexibility index (Phi) is 6.26. The van der Waals surface area contributed by atoms with E-state index in [1.54, 1.807) is 6.26 Å². The quantitative estimate of drug-likeness (QED) is 0.621. The van der Waals surface area contributed by atoms with E-state index in [4.69, 9.17) is 4.42 Å². The van der Waals surface area contributed by atoms with Crippen molar-refractivity contribution in [1.29, 1.82) is 0 Å². The highest BCUT2D eigenvalue weighted by Crippen LogP contribution is 2.70. The van der Waals surface area contributed by atoms with Crippen LogP contribution in [0.25, 0.3) is 0 Å². The third-order valence-corrected chi connectivity index (χ3v) is 12.1. The number of hydrogen-bond acceptors (Lipinski definition) is 5. The lowest BCUT2D eigenvalue weighted by atomic mass is 9.43. The van der Waals surface area contributed by atoms with Crippen LogP contribution in [0.5, 0.6) is 0 Å². The fraction of sp³-hybridized carbons (Fsp3) is 0.800. The maximum absolute atomic E-state index is 12.9. The summed E-state index contributed by atoms with van der Waals surface area (Å²) in [7, 11) is 2.12. The molecule has 4 aliphatic carbocycles. The molecule has 7 nitrogen and oxygen atoms in total. The molecule has 7 heteroatoms. The number of likely N-dealkylation sites (N-methyl/N-ethyl adjacent to an activating group) is 1. The number of fused-ring (bicyclic) bond motifs is 5. The van der Waals surface area contributed by atoms with Gasteiger partial charge in [-0.25, -0.2) is 9.59 Å². The van der Waals surface area contributed by atoms with Crippen LogP contribution >= 0.6 is 0 Å². The van der Waals surface area contributed by atoms with E-state index in [0.29, 0.717) is 17.8 Å². The molecule has 2 amide bonds. The summed E-state index contributed by atoms with van der Waals surface area (Å²) < 4.78 is 5.23. The summed E-state index contributed by atoms with van der Waals surface area (Å²) in [6, 6.07) is 3.82. The van der Waals surface area contributed by atoms with E-state index in [2.05, 4.69) is 31.1 Å². The highest BCUT2D eigenvalue weighted by atomic mass is 16.4. The van der Waals surface area contributed by atoms with E-state index in [1.807, 2.05) is 11.0 Å². The fourth-order valence-corrected chi connectivity index (χ4v) is 9.73. The number of hydrogen-bond donors (Lipinski definition) is 2. The van der Waals surface area contributed by atoms with Gasteiger partial charge in [-0.2, -0.15) is 0 Å². The molecule has 0 unspecified atom stereocenters. The van der Waals surface area contributed by atoms with E-state index in [0.717, 1.165) is 89.5 Å². The summed E-state index contributed by atoms with van der Waals surface area (Å²) in [5.74, 6) is 1.69. The van der Waals surface area contributed by atoms with Crippen molar-refractivity contribution in [2.75, 3.05) is 33.2 Å². The maximum atomic E-state index is 12.9. The van der Waals surface area contributed by atoms with Gasteiger partial charge in [0.15, 0.2) is 0 Å². The van der Waals surface area contributed by atoms with Crippen molar-refractivity contribution >= 4 is 6.03 Å². The first-order valence-corrected chi connectivity index (χ1v) is 14.7. The van der Waals surface area contributed by atoms with E-state index >= 15 is 0 Å². The number of urea groups is 1. The second-order valence-electron chi connectivity index (χ2n) is 13.6. The normalized spacial score (nSPS) is 44.0. The van der Waals surface area contributed by atoms with Gasteiger partial charge in [-0.15, -0.1) is 0 Å². The Morgan fingerprint density at radius 3 is 2.51 bits per heavy atom. The molecule has 1 aromatic rings. The molecular formula is C30H45N3O4. The number of aliphatic hydroxyl groups is 1. The Hall–Kier alpha value is -1.86. The number of rotatable bonds is 2. The molecule has 1 aromatic heterocycles. The summed E-state index contributed by atoms with van der Waals surface area (Å²) >= 11 is 0. The summed E-state index contributed by atoms with van der Waals surface area (Å²) in [5, 5.41) is 15.8. The van der Waals surface area contributed by atoms with Gasteiger partial charge in [0.05, 0.1) is 11.9 Å². The van der Waals surface area contributed by atoms with Crippen LogP contribution in [0.15, 0.2) is 27.6 Å². The van der Waals surface area contributed by atoms with Crippen molar-refractivity contribution in [3.63, 3.8) is 0 Å². The molecule has 204 valence electrons. The summed E-state index contributed by atoms with van der Waals surface area (Å²) in [6.45, 7) is 8.32. The van der Waals surface area contributed by atoms with Gasteiger partial charge in [0.25, 0.3) is 0 Å². The van der Waals surface area contributed by atoms with Gasteiger partial charge in [-0.1, -0.05) is 13.8 Å². The lowest BCUT2D eigenvalue weighted by molar-refractivity contribution is -0.201. The van der Waals surface area contributed by atoms with Crippen LogP contribution in [-0.4, -0.2) is 65.8 Å². The number of nitrogens with zero attached hydrogens (tertiary/aromatic N) is 2. The smallest absolute Gasteiger partial charge is 0.335 e. The molecule has 1 aliphatic heterocycles. The number of carbonyl (C=O) groups is 1. The zero-order chi connectivity index (χ0) is 26.0. The van der Waals surface area contributed by atoms with Crippen molar-refractivity contribution in [1.82, 2.24) is 15.1 Å². The van der Waals surface area contributed by atoms with E-state index in [1.165, 1.54) is 6.07 Å². The van der Waals surface area contributed by atoms with E-state index in [9.17, 15) is 14.7 Å². The lowest BCUT2D eigenvalue weighted by Crippen LogP contribution is -2.62. The number of amides is 2. The molecule has 0 aromatic carbocycles. The number of piperazine rings is 1. The molecule has 5 aliphatic rings. The minimum absolute atomic E-state index is 0.117. The Morgan fingerprint density at radius 2 is 1.78 bits per heavy atom. The van der Waals surface area contributed by atoms with Crippen LogP contribution in [0, 0.1) is 28.6 Å². The predicted octanol–water partition coefficient (Wildman–Crippen LogP) is 4.21. The van der Waals surface area contributed by atoms with Crippen molar-refractivity contribution in [3.05, 3.63) is 34.4 Å². The molecular weight excluding hydrogens is 466 g/mol. The third-order valence-electron chi connectivity index (χ3n) is 12.1. The van der Waals surface area contributed by atoms with Crippen molar-refractivity contribution in [3.8, 4) is 0 Å². The Morgan fingerprint density at radius 1 is 1.00 bits per heavy atom. The molecule has 0 spiro atoms. The van der Waals surface area contributed by atoms with Crippen molar-refractivity contribution < 1.29 is 14.3 Å². The first kappa shape index (κ1) is 25.4. The second-order valence-corrected chi connectivity index (χ2v) is 13.6. The minimum atomic E-state index is -0.669. The van der Waals surface area contributed by atoms with Crippen LogP contribution < -0.4 is 10.9 Å². The Balaban J connectivity index is 1.15. The molecule has 5 fully saturated rings. The van der Waals surface area contributed by atoms with Gasteiger partial charge >= 0.3 is 11.7 Å². The predicted molar refractivity (Wildman–Crippen MR) is 142 cm³/mol. The van der Waals surface area contributed by atoms with Crippen LogP contribution in [-0.2, 0) is 0 Å². The average Bonchev–Trinajstić information content (AvgIpc) is 3.16. The van der Waals surface area contributed by atoms with Crippen molar-refractivity contribution in [2.45, 2.75) is 89.2 Å². The second kappa shape index (κ2) is 9.11. The monoisotopic (exact) mass is 511 g/mol. The molecule has 4 saturated carbocycles. The first-order chi connectivity index (χ1) is 17.6. The average molecular weight is 512 g/mol. The van der Waals surface area contributed by atoms with Gasteiger partial charge in [0.1, 0.15) is 0 Å². The molecule has 2 heterocycles. The topological polar surface area (TPSA) is 86.0 Å². The van der Waals surface area contributed by atoms with Gasteiger partial charge in [-0.3, -0.25) is 0 Å². The Labute approximate surface area is 221 Å². The van der Waals surface area contributed by atoms with Gasteiger partial charge in [0, 0.05) is 43.7 Å². The zero-order valence-corrected chi connectivity index (χ0v) is 22.9. The third kappa shape index (κ3) is 3.98. The minimum Gasteiger partial charge on any atom is -0.431 e. The summed E-state index contributed by atoms with van der Waals surface area (Å²) in [6.07, 6.45) is 11.0. The molecule has 0 radical (unpaired) electrons. The summed E-state index contributed by atoms with van der Waals surface area (Å²) in [5.41, 5.74) is 0.120. The maximum Gasteiger partial charge on any atom is 0.335 e. The molecule has 37 heavy (non-hydrogen) atoms. The molecule has 6 rings (SSSR count). The summed E-state index contributed by atoms with van der Waals surface area (Å²) in [4.78, 5) is 28.8. The first-order valence-electron chi connectivity index (χ1n) is 14.7. The van der Waals surface area contributed by atoms with Crippen LogP contribution in [0.3, 0.4) is 0 Å².